The molecule has 0 bridgehead atoms. The Morgan fingerprint density at radius 1 is 1.26 bits per heavy atom. The Kier molecular flexibility index (Phi) is 3.78. The predicted molar refractivity (Wildman–Crippen MR) is 78.9 cm³/mol. The van der Waals surface area contributed by atoms with Crippen molar-refractivity contribution in [2.45, 2.75) is 45.3 Å². The van der Waals surface area contributed by atoms with Gasteiger partial charge in [-0.05, 0) is 39.7 Å². The van der Waals surface area contributed by atoms with Gasteiger partial charge in [0, 0.05) is 22.9 Å². The summed E-state index contributed by atoms with van der Waals surface area (Å²) >= 11 is 6.41. The Balaban J connectivity index is 2.34. The van der Waals surface area contributed by atoms with Crippen LogP contribution in [-0.4, -0.2) is 23.3 Å². The van der Waals surface area contributed by atoms with Crippen molar-refractivity contribution >= 4 is 24.2 Å². The molecule has 0 amide bonds. The van der Waals surface area contributed by atoms with E-state index in [9.17, 15) is 0 Å². The minimum atomic E-state index is -0.477. The first kappa shape index (κ1) is 14.6. The maximum absolute atomic E-state index is 6.41. The van der Waals surface area contributed by atoms with Gasteiger partial charge in [0.15, 0.2) is 0 Å². The number of hydrogen-bond donors (Lipinski definition) is 0. The SMILES string of the molecule is C=CCc1cncc(B2OC(C)(C)C(C)(C)O2)c1Cl. The van der Waals surface area contributed by atoms with Gasteiger partial charge in [-0.15, -0.1) is 6.58 Å². The van der Waals surface area contributed by atoms with Crippen molar-refractivity contribution in [1.82, 2.24) is 4.98 Å². The monoisotopic (exact) mass is 279 g/mol. The number of pyridine rings is 1. The molecule has 1 aliphatic heterocycles. The summed E-state index contributed by atoms with van der Waals surface area (Å²) in [5.41, 5.74) is 0.953. The molecule has 1 aromatic rings. The predicted octanol–water partition coefficient (Wildman–Crippen LogP) is 2.76. The second-order valence-corrected chi connectivity index (χ2v) is 6.16. The van der Waals surface area contributed by atoms with Gasteiger partial charge in [-0.2, -0.15) is 0 Å². The molecule has 2 heterocycles. The lowest BCUT2D eigenvalue weighted by molar-refractivity contribution is 0.00578. The van der Waals surface area contributed by atoms with Gasteiger partial charge >= 0.3 is 7.12 Å². The largest absolute Gasteiger partial charge is 0.497 e. The van der Waals surface area contributed by atoms with Crippen molar-refractivity contribution in [2.24, 2.45) is 0 Å². The van der Waals surface area contributed by atoms with E-state index in [-0.39, 0.29) is 11.2 Å². The van der Waals surface area contributed by atoms with Crippen LogP contribution in [0.4, 0.5) is 0 Å². The summed E-state index contributed by atoms with van der Waals surface area (Å²) in [6.45, 7) is 11.8. The Hall–Kier alpha value is -0.835. The molecule has 0 aromatic carbocycles. The van der Waals surface area contributed by atoms with Crippen LogP contribution in [0.3, 0.4) is 0 Å². The van der Waals surface area contributed by atoms with Crippen molar-refractivity contribution < 1.29 is 9.31 Å². The van der Waals surface area contributed by atoms with Crippen molar-refractivity contribution in [3.05, 3.63) is 35.6 Å². The van der Waals surface area contributed by atoms with E-state index >= 15 is 0 Å². The van der Waals surface area contributed by atoms with Gasteiger partial charge in [0.05, 0.1) is 11.2 Å². The Bertz CT molecular complexity index is 486. The van der Waals surface area contributed by atoms with E-state index in [1.54, 1.807) is 18.5 Å². The molecule has 0 saturated carbocycles. The topological polar surface area (TPSA) is 31.4 Å². The van der Waals surface area contributed by atoms with E-state index in [1.807, 2.05) is 27.7 Å². The zero-order valence-corrected chi connectivity index (χ0v) is 12.6. The minimum Gasteiger partial charge on any atom is -0.399 e. The molecular formula is C14H19BClNO2. The molecular weight excluding hydrogens is 260 g/mol. The van der Waals surface area contributed by atoms with Gasteiger partial charge in [0.2, 0.25) is 0 Å². The summed E-state index contributed by atoms with van der Waals surface area (Å²) in [5.74, 6) is 0. The Morgan fingerprint density at radius 2 is 1.84 bits per heavy atom. The van der Waals surface area contributed by atoms with Crippen LogP contribution in [0.1, 0.15) is 33.3 Å². The molecule has 0 aliphatic carbocycles. The standard InChI is InChI=1S/C14H19BClNO2/c1-6-7-10-8-17-9-11(12(10)16)15-18-13(2,3)14(4,5)19-15/h6,8-9H,1,7H2,2-5H3. The first-order valence-electron chi connectivity index (χ1n) is 6.37. The highest BCUT2D eigenvalue weighted by molar-refractivity contribution is 6.65. The van der Waals surface area contributed by atoms with E-state index in [4.69, 9.17) is 20.9 Å². The molecule has 0 radical (unpaired) electrons. The van der Waals surface area contributed by atoms with Crippen LogP contribution in [-0.2, 0) is 15.7 Å². The van der Waals surface area contributed by atoms with Gasteiger partial charge in [0.1, 0.15) is 0 Å². The molecule has 0 unspecified atom stereocenters. The van der Waals surface area contributed by atoms with Crippen molar-refractivity contribution in [2.75, 3.05) is 0 Å². The quantitative estimate of drug-likeness (QED) is 0.630. The molecule has 19 heavy (non-hydrogen) atoms. The van der Waals surface area contributed by atoms with E-state index in [0.717, 1.165) is 11.0 Å². The number of nitrogens with zero attached hydrogens (tertiary/aromatic N) is 1. The summed E-state index contributed by atoms with van der Waals surface area (Å²) in [5, 5.41) is 0.647. The first-order valence-corrected chi connectivity index (χ1v) is 6.75. The summed E-state index contributed by atoms with van der Waals surface area (Å²) in [4.78, 5) is 4.21. The molecule has 1 saturated heterocycles. The average molecular weight is 280 g/mol. The highest BCUT2D eigenvalue weighted by Crippen LogP contribution is 2.37. The highest BCUT2D eigenvalue weighted by atomic mass is 35.5. The van der Waals surface area contributed by atoms with Crippen LogP contribution in [0.15, 0.2) is 25.0 Å². The molecule has 1 aliphatic rings. The number of aromatic nitrogens is 1. The summed E-state index contributed by atoms with van der Waals surface area (Å²) in [7, 11) is -0.477. The number of allylic oxidation sites excluding steroid dienone is 1. The van der Waals surface area contributed by atoms with Gasteiger partial charge in [-0.25, -0.2) is 0 Å². The van der Waals surface area contributed by atoms with E-state index in [1.165, 1.54) is 0 Å². The molecule has 0 N–H and O–H groups in total. The fourth-order valence-corrected chi connectivity index (χ4v) is 2.20. The number of halogens is 1. The molecule has 102 valence electrons. The van der Waals surface area contributed by atoms with Crippen LogP contribution < -0.4 is 5.46 Å². The number of hydrogen-bond acceptors (Lipinski definition) is 3. The minimum absolute atomic E-state index is 0.380. The fraction of sp³-hybridized carbons (Fsp3) is 0.500. The molecule has 1 aromatic heterocycles. The average Bonchev–Trinajstić information content (AvgIpc) is 2.51. The molecule has 5 heteroatoms. The lowest BCUT2D eigenvalue weighted by Gasteiger charge is -2.32. The van der Waals surface area contributed by atoms with Crippen LogP contribution in [0.25, 0.3) is 0 Å². The molecule has 0 spiro atoms. The maximum Gasteiger partial charge on any atom is 0.497 e. The molecule has 1 fully saturated rings. The zero-order valence-electron chi connectivity index (χ0n) is 11.9. The van der Waals surface area contributed by atoms with Crippen molar-refractivity contribution in [3.63, 3.8) is 0 Å². The normalized spacial score (nSPS) is 20.6. The Morgan fingerprint density at radius 3 is 2.37 bits per heavy atom. The van der Waals surface area contributed by atoms with Crippen LogP contribution in [0, 0.1) is 0 Å². The molecule has 3 nitrogen and oxygen atoms in total. The first-order chi connectivity index (χ1) is 8.78. The second kappa shape index (κ2) is 4.93. The van der Waals surface area contributed by atoms with Crippen molar-refractivity contribution in [1.29, 1.82) is 0 Å². The second-order valence-electron chi connectivity index (χ2n) is 5.78. The fourth-order valence-electron chi connectivity index (χ4n) is 1.94. The van der Waals surface area contributed by atoms with Gasteiger partial charge < -0.3 is 9.31 Å². The highest BCUT2D eigenvalue weighted by Gasteiger charge is 2.52. The van der Waals surface area contributed by atoms with E-state index in [0.29, 0.717) is 11.4 Å². The molecule has 0 atom stereocenters. The summed E-state index contributed by atoms with van der Waals surface area (Å²) in [6, 6.07) is 0. The summed E-state index contributed by atoms with van der Waals surface area (Å²) < 4.78 is 12.0. The van der Waals surface area contributed by atoms with Crippen LogP contribution in [0.2, 0.25) is 5.02 Å². The van der Waals surface area contributed by atoms with E-state index < -0.39 is 7.12 Å². The third-order valence-electron chi connectivity index (χ3n) is 3.85. The smallest absolute Gasteiger partial charge is 0.399 e. The Labute approximate surface area is 120 Å². The lowest BCUT2D eigenvalue weighted by atomic mass is 9.79. The zero-order chi connectivity index (χ0) is 14.3. The van der Waals surface area contributed by atoms with Crippen molar-refractivity contribution in [3.8, 4) is 0 Å². The number of rotatable bonds is 3. The van der Waals surface area contributed by atoms with Gasteiger partial charge in [0.25, 0.3) is 0 Å². The van der Waals surface area contributed by atoms with Gasteiger partial charge in [-0.1, -0.05) is 17.7 Å². The maximum atomic E-state index is 6.41. The lowest BCUT2D eigenvalue weighted by Crippen LogP contribution is -2.41. The van der Waals surface area contributed by atoms with Gasteiger partial charge in [-0.3, -0.25) is 4.98 Å². The molecule has 2 rings (SSSR count). The van der Waals surface area contributed by atoms with Crippen LogP contribution >= 0.6 is 11.6 Å². The van der Waals surface area contributed by atoms with Crippen LogP contribution in [0.5, 0.6) is 0 Å². The third-order valence-corrected chi connectivity index (χ3v) is 4.31. The summed E-state index contributed by atoms with van der Waals surface area (Å²) in [6.07, 6.45) is 5.94. The van der Waals surface area contributed by atoms with E-state index in [2.05, 4.69) is 11.6 Å². The third kappa shape index (κ3) is 2.57.